The van der Waals surface area contributed by atoms with E-state index >= 15 is 0 Å². The predicted molar refractivity (Wildman–Crippen MR) is 103 cm³/mol. The van der Waals surface area contributed by atoms with Crippen molar-refractivity contribution in [3.63, 3.8) is 0 Å². The molecule has 0 radical (unpaired) electrons. The van der Waals surface area contributed by atoms with Crippen LogP contribution in [-0.2, 0) is 17.6 Å². The summed E-state index contributed by atoms with van der Waals surface area (Å²) in [7, 11) is 0. The average molecular weight is 378 g/mol. The van der Waals surface area contributed by atoms with Gasteiger partial charge in [-0.1, -0.05) is 36.2 Å². The number of anilines is 1. The third kappa shape index (κ3) is 4.47. The molecule has 0 aromatic heterocycles. The smallest absolute Gasteiger partial charge is 0.265 e. The van der Waals surface area contributed by atoms with E-state index in [1.165, 1.54) is 24.0 Å². The van der Waals surface area contributed by atoms with Crippen molar-refractivity contribution in [1.29, 1.82) is 0 Å². The van der Waals surface area contributed by atoms with E-state index in [2.05, 4.69) is 17.4 Å². The summed E-state index contributed by atoms with van der Waals surface area (Å²) in [5.74, 6) is 0.551. The molecule has 132 valence electrons. The Hall–Kier alpha value is -1.71. The molecule has 0 unspecified atom stereocenters. The number of benzene rings is 2. The van der Waals surface area contributed by atoms with Gasteiger partial charge in [0.1, 0.15) is 5.75 Å². The van der Waals surface area contributed by atoms with Crippen LogP contribution in [0.1, 0.15) is 37.3 Å². The third-order valence-corrected chi connectivity index (χ3v) is 5.19. The van der Waals surface area contributed by atoms with Gasteiger partial charge in [0.25, 0.3) is 5.91 Å². The van der Waals surface area contributed by atoms with Crippen molar-refractivity contribution >= 4 is 34.8 Å². The van der Waals surface area contributed by atoms with Crippen LogP contribution in [0.5, 0.6) is 5.75 Å². The molecule has 1 aliphatic rings. The van der Waals surface area contributed by atoms with Crippen LogP contribution in [0, 0.1) is 0 Å². The highest BCUT2D eigenvalue weighted by Gasteiger charge is 2.20. The van der Waals surface area contributed by atoms with E-state index in [4.69, 9.17) is 27.9 Å². The van der Waals surface area contributed by atoms with Gasteiger partial charge in [0, 0.05) is 5.69 Å². The standard InChI is InChI=1S/C20H21Cl2NO2/c1-2-19(20(24)23-15-8-10-17(21)18(22)12-15)25-16-9-7-13-5-3-4-6-14(13)11-16/h7-12,19H,2-6H2,1H3,(H,23,24)/t19-/m1/s1. The molecule has 0 saturated carbocycles. The number of carbonyl (C=O) groups excluding carboxylic acids is 1. The summed E-state index contributed by atoms with van der Waals surface area (Å²) in [6.45, 7) is 1.93. The molecule has 0 spiro atoms. The Balaban J connectivity index is 1.69. The van der Waals surface area contributed by atoms with Gasteiger partial charge >= 0.3 is 0 Å². The normalized spacial score (nSPS) is 14.5. The van der Waals surface area contributed by atoms with E-state index in [0.717, 1.165) is 18.6 Å². The van der Waals surface area contributed by atoms with E-state index in [-0.39, 0.29) is 5.91 Å². The summed E-state index contributed by atoms with van der Waals surface area (Å²) in [5, 5.41) is 3.70. The largest absolute Gasteiger partial charge is 0.481 e. The van der Waals surface area contributed by atoms with Crippen LogP contribution in [0.4, 0.5) is 5.69 Å². The second-order valence-electron chi connectivity index (χ2n) is 6.27. The van der Waals surface area contributed by atoms with Crippen LogP contribution in [-0.4, -0.2) is 12.0 Å². The highest BCUT2D eigenvalue weighted by Crippen LogP contribution is 2.27. The fraction of sp³-hybridized carbons (Fsp3) is 0.350. The molecule has 2 aromatic rings. The number of ether oxygens (including phenoxy) is 1. The molecule has 0 aliphatic heterocycles. The first-order valence-electron chi connectivity index (χ1n) is 8.61. The van der Waals surface area contributed by atoms with Crippen LogP contribution < -0.4 is 10.1 Å². The van der Waals surface area contributed by atoms with Crippen molar-refractivity contribution in [3.8, 4) is 5.75 Å². The maximum Gasteiger partial charge on any atom is 0.265 e. The fourth-order valence-corrected chi connectivity index (χ4v) is 3.36. The zero-order valence-electron chi connectivity index (χ0n) is 14.1. The molecule has 5 heteroatoms. The number of carbonyl (C=O) groups is 1. The van der Waals surface area contributed by atoms with Gasteiger partial charge in [0.15, 0.2) is 6.10 Å². The molecular weight excluding hydrogens is 357 g/mol. The summed E-state index contributed by atoms with van der Waals surface area (Å²) >= 11 is 11.9. The minimum absolute atomic E-state index is 0.196. The van der Waals surface area contributed by atoms with Gasteiger partial charge in [0.2, 0.25) is 0 Å². The summed E-state index contributed by atoms with van der Waals surface area (Å²) in [5.41, 5.74) is 3.34. The lowest BCUT2D eigenvalue weighted by Crippen LogP contribution is -2.32. The van der Waals surface area contributed by atoms with Crippen LogP contribution in [0.3, 0.4) is 0 Å². The number of aryl methyl sites for hydroxylation is 2. The highest BCUT2D eigenvalue weighted by molar-refractivity contribution is 6.42. The molecule has 0 fully saturated rings. The average Bonchev–Trinajstić information content (AvgIpc) is 2.62. The molecule has 1 N–H and O–H groups in total. The van der Waals surface area contributed by atoms with E-state index in [9.17, 15) is 4.79 Å². The Labute approximate surface area is 158 Å². The SMILES string of the molecule is CC[C@@H](Oc1ccc2c(c1)CCCC2)C(=O)Nc1ccc(Cl)c(Cl)c1. The third-order valence-electron chi connectivity index (χ3n) is 4.45. The second-order valence-corrected chi connectivity index (χ2v) is 7.08. The molecule has 1 aliphatic carbocycles. The van der Waals surface area contributed by atoms with Gasteiger partial charge in [-0.05, 0) is 73.6 Å². The van der Waals surface area contributed by atoms with Gasteiger partial charge < -0.3 is 10.1 Å². The fourth-order valence-electron chi connectivity index (χ4n) is 3.07. The Morgan fingerprint density at radius 2 is 1.84 bits per heavy atom. The topological polar surface area (TPSA) is 38.3 Å². The maximum absolute atomic E-state index is 12.5. The minimum atomic E-state index is -0.559. The first-order chi connectivity index (χ1) is 12.1. The zero-order valence-corrected chi connectivity index (χ0v) is 15.7. The molecule has 2 aromatic carbocycles. The highest BCUT2D eigenvalue weighted by atomic mass is 35.5. The number of hydrogen-bond acceptors (Lipinski definition) is 2. The van der Waals surface area contributed by atoms with Gasteiger partial charge in [-0.2, -0.15) is 0 Å². The number of amides is 1. The van der Waals surface area contributed by atoms with Crippen molar-refractivity contribution < 1.29 is 9.53 Å². The lowest BCUT2D eigenvalue weighted by Gasteiger charge is -2.20. The lowest BCUT2D eigenvalue weighted by molar-refractivity contribution is -0.122. The molecule has 1 atom stereocenters. The number of rotatable bonds is 5. The zero-order chi connectivity index (χ0) is 17.8. The van der Waals surface area contributed by atoms with Gasteiger partial charge in [-0.25, -0.2) is 0 Å². The number of fused-ring (bicyclic) bond motifs is 1. The first kappa shape index (κ1) is 18.1. The minimum Gasteiger partial charge on any atom is -0.481 e. The number of nitrogens with one attached hydrogen (secondary N) is 1. The van der Waals surface area contributed by atoms with E-state index in [1.54, 1.807) is 18.2 Å². The molecule has 1 amide bonds. The van der Waals surface area contributed by atoms with Gasteiger partial charge in [0.05, 0.1) is 10.0 Å². The van der Waals surface area contributed by atoms with Crippen LogP contribution in [0.2, 0.25) is 10.0 Å². The Morgan fingerprint density at radius 3 is 2.56 bits per heavy atom. The monoisotopic (exact) mass is 377 g/mol. The number of halogens is 2. The second kappa shape index (κ2) is 8.11. The van der Waals surface area contributed by atoms with Crippen molar-refractivity contribution in [3.05, 3.63) is 57.6 Å². The molecule has 0 saturated heterocycles. The van der Waals surface area contributed by atoms with E-state index < -0.39 is 6.10 Å². The van der Waals surface area contributed by atoms with Crippen LogP contribution in [0.25, 0.3) is 0 Å². The van der Waals surface area contributed by atoms with Crippen molar-refractivity contribution in [2.45, 2.75) is 45.1 Å². The summed E-state index contributed by atoms with van der Waals surface area (Å²) in [4.78, 5) is 12.5. The van der Waals surface area contributed by atoms with Crippen LogP contribution >= 0.6 is 23.2 Å². The first-order valence-corrected chi connectivity index (χ1v) is 9.37. The molecule has 25 heavy (non-hydrogen) atoms. The molecular formula is C20H21Cl2NO2. The summed E-state index contributed by atoms with van der Waals surface area (Å²) in [6, 6.07) is 11.2. The molecule has 3 rings (SSSR count). The Bertz CT molecular complexity index is 776. The van der Waals surface area contributed by atoms with E-state index in [1.807, 2.05) is 13.0 Å². The Kier molecular flexibility index (Phi) is 5.87. The van der Waals surface area contributed by atoms with Gasteiger partial charge in [-0.15, -0.1) is 0 Å². The Morgan fingerprint density at radius 1 is 1.08 bits per heavy atom. The van der Waals surface area contributed by atoms with E-state index in [0.29, 0.717) is 22.2 Å². The van der Waals surface area contributed by atoms with Gasteiger partial charge in [-0.3, -0.25) is 4.79 Å². The molecule has 3 nitrogen and oxygen atoms in total. The quantitative estimate of drug-likeness (QED) is 0.728. The maximum atomic E-state index is 12.5. The predicted octanol–water partition coefficient (Wildman–Crippen LogP) is 5.67. The van der Waals surface area contributed by atoms with Crippen molar-refractivity contribution in [1.82, 2.24) is 0 Å². The van der Waals surface area contributed by atoms with Crippen molar-refractivity contribution in [2.75, 3.05) is 5.32 Å². The molecule has 0 heterocycles. The number of hydrogen-bond donors (Lipinski definition) is 1. The molecule has 0 bridgehead atoms. The lowest BCUT2D eigenvalue weighted by atomic mass is 9.92. The summed E-state index contributed by atoms with van der Waals surface area (Å²) < 4.78 is 5.95. The van der Waals surface area contributed by atoms with Crippen molar-refractivity contribution in [2.24, 2.45) is 0 Å². The van der Waals surface area contributed by atoms with Crippen LogP contribution in [0.15, 0.2) is 36.4 Å². The summed E-state index contributed by atoms with van der Waals surface area (Å²) in [6.07, 6.45) is 4.69.